The maximum Gasteiger partial charge on any atom is 0.240 e. The fraction of sp³-hybridized carbons (Fsp3) is 0.538. The van der Waals surface area contributed by atoms with Gasteiger partial charge in [-0.2, -0.15) is 0 Å². The highest BCUT2D eigenvalue weighted by Crippen LogP contribution is 2.17. The number of sulfonamides is 1. The lowest BCUT2D eigenvalue weighted by Gasteiger charge is -2.16. The molecule has 0 saturated carbocycles. The van der Waals surface area contributed by atoms with Crippen LogP contribution in [0.5, 0.6) is 0 Å². The molecule has 0 amide bonds. The summed E-state index contributed by atoms with van der Waals surface area (Å²) in [6.07, 6.45) is 2.59. The molecule has 0 saturated heterocycles. The first-order valence-corrected chi connectivity index (χ1v) is 7.76. The number of benzene rings is 1. The monoisotopic (exact) mass is 270 g/mol. The van der Waals surface area contributed by atoms with Crippen LogP contribution in [-0.4, -0.2) is 14.5 Å². The molecule has 1 aromatic carbocycles. The standard InChI is InChI=1S/C13H22N2O2S/c1-4-6-12(5-2)15-18(16,17)13-8-10(3)7-11(14)9-13/h7-9,12,15H,4-6,14H2,1-3H3. The first-order chi connectivity index (χ1) is 8.39. The first kappa shape index (κ1) is 15.0. The van der Waals surface area contributed by atoms with E-state index in [-0.39, 0.29) is 10.9 Å². The molecule has 0 heterocycles. The fourth-order valence-corrected chi connectivity index (χ4v) is 3.41. The third-order valence-electron chi connectivity index (χ3n) is 2.84. The van der Waals surface area contributed by atoms with Crippen molar-refractivity contribution in [1.82, 2.24) is 4.72 Å². The molecule has 1 aromatic rings. The summed E-state index contributed by atoms with van der Waals surface area (Å²) >= 11 is 0. The Balaban J connectivity index is 2.98. The van der Waals surface area contributed by atoms with Crippen LogP contribution in [0.2, 0.25) is 0 Å². The maximum absolute atomic E-state index is 12.2. The SMILES string of the molecule is CCCC(CC)NS(=O)(=O)c1cc(C)cc(N)c1. The highest BCUT2D eigenvalue weighted by atomic mass is 32.2. The fourth-order valence-electron chi connectivity index (χ4n) is 1.91. The molecular weight excluding hydrogens is 248 g/mol. The van der Waals surface area contributed by atoms with Crippen molar-refractivity contribution >= 4 is 15.7 Å². The summed E-state index contributed by atoms with van der Waals surface area (Å²) in [6, 6.07) is 4.87. The van der Waals surface area contributed by atoms with Gasteiger partial charge < -0.3 is 5.73 Å². The lowest BCUT2D eigenvalue weighted by Crippen LogP contribution is -2.34. The number of rotatable bonds is 6. The van der Waals surface area contributed by atoms with Crippen LogP contribution in [0.15, 0.2) is 23.1 Å². The van der Waals surface area contributed by atoms with Crippen molar-refractivity contribution in [3.05, 3.63) is 23.8 Å². The molecule has 0 radical (unpaired) electrons. The number of hydrogen-bond donors (Lipinski definition) is 2. The van der Waals surface area contributed by atoms with Gasteiger partial charge in [-0.3, -0.25) is 0 Å². The van der Waals surface area contributed by atoms with Crippen LogP contribution in [0.1, 0.15) is 38.7 Å². The maximum atomic E-state index is 12.2. The van der Waals surface area contributed by atoms with E-state index in [1.54, 1.807) is 12.1 Å². The van der Waals surface area contributed by atoms with Gasteiger partial charge in [-0.15, -0.1) is 0 Å². The first-order valence-electron chi connectivity index (χ1n) is 6.28. The van der Waals surface area contributed by atoms with E-state index in [1.807, 2.05) is 20.8 Å². The van der Waals surface area contributed by atoms with Gasteiger partial charge in [0.15, 0.2) is 0 Å². The molecule has 0 aromatic heterocycles. The molecule has 1 rings (SSSR count). The molecule has 1 atom stereocenters. The summed E-state index contributed by atoms with van der Waals surface area (Å²) in [5.41, 5.74) is 7.00. The summed E-state index contributed by atoms with van der Waals surface area (Å²) < 4.78 is 27.2. The third kappa shape index (κ3) is 3.99. The van der Waals surface area contributed by atoms with E-state index in [0.717, 1.165) is 24.8 Å². The minimum absolute atomic E-state index is 0.0123. The highest BCUT2D eigenvalue weighted by molar-refractivity contribution is 7.89. The van der Waals surface area contributed by atoms with Gasteiger partial charge in [-0.25, -0.2) is 13.1 Å². The molecule has 0 aliphatic rings. The van der Waals surface area contributed by atoms with Gasteiger partial charge in [0.25, 0.3) is 0 Å². The molecule has 3 N–H and O–H groups in total. The Bertz CT molecular complexity index is 477. The van der Waals surface area contributed by atoms with E-state index in [4.69, 9.17) is 5.73 Å². The lowest BCUT2D eigenvalue weighted by atomic mass is 10.1. The smallest absolute Gasteiger partial charge is 0.240 e. The summed E-state index contributed by atoms with van der Waals surface area (Å²) in [6.45, 7) is 5.85. The van der Waals surface area contributed by atoms with Gasteiger partial charge in [0.1, 0.15) is 0 Å². The van der Waals surface area contributed by atoms with Gasteiger partial charge in [-0.05, 0) is 43.5 Å². The molecule has 0 aliphatic carbocycles. The van der Waals surface area contributed by atoms with Crippen molar-refractivity contribution in [2.24, 2.45) is 0 Å². The van der Waals surface area contributed by atoms with Crippen LogP contribution >= 0.6 is 0 Å². The third-order valence-corrected chi connectivity index (χ3v) is 4.34. The van der Waals surface area contributed by atoms with Gasteiger partial charge in [-0.1, -0.05) is 20.3 Å². The second-order valence-corrected chi connectivity index (χ2v) is 6.31. The number of anilines is 1. The molecule has 5 heteroatoms. The zero-order chi connectivity index (χ0) is 13.8. The molecule has 0 spiro atoms. The average molecular weight is 270 g/mol. The Morgan fingerprint density at radius 2 is 1.94 bits per heavy atom. The average Bonchev–Trinajstić information content (AvgIpc) is 2.27. The van der Waals surface area contributed by atoms with Gasteiger partial charge in [0, 0.05) is 11.7 Å². The zero-order valence-corrected chi connectivity index (χ0v) is 12.0. The topological polar surface area (TPSA) is 72.2 Å². The van der Waals surface area contributed by atoms with Crippen molar-refractivity contribution in [3.63, 3.8) is 0 Å². The quantitative estimate of drug-likeness (QED) is 0.780. The van der Waals surface area contributed by atoms with Crippen LogP contribution < -0.4 is 10.5 Å². The number of aryl methyl sites for hydroxylation is 1. The van der Waals surface area contributed by atoms with E-state index >= 15 is 0 Å². The number of nitrogens with one attached hydrogen (secondary N) is 1. The lowest BCUT2D eigenvalue weighted by molar-refractivity contribution is 0.512. The number of hydrogen-bond acceptors (Lipinski definition) is 3. The predicted molar refractivity (Wildman–Crippen MR) is 74.9 cm³/mol. The Morgan fingerprint density at radius 1 is 1.28 bits per heavy atom. The van der Waals surface area contributed by atoms with Gasteiger partial charge in [0.05, 0.1) is 4.90 Å². The van der Waals surface area contributed by atoms with E-state index in [1.165, 1.54) is 6.07 Å². The molecule has 0 aliphatic heterocycles. The Morgan fingerprint density at radius 3 is 2.44 bits per heavy atom. The van der Waals surface area contributed by atoms with Crippen molar-refractivity contribution in [3.8, 4) is 0 Å². The van der Waals surface area contributed by atoms with Crippen LogP contribution in [0.3, 0.4) is 0 Å². The van der Waals surface area contributed by atoms with Gasteiger partial charge in [0.2, 0.25) is 10.0 Å². The minimum Gasteiger partial charge on any atom is -0.399 e. The van der Waals surface area contributed by atoms with Gasteiger partial charge >= 0.3 is 0 Å². The molecule has 18 heavy (non-hydrogen) atoms. The molecule has 0 bridgehead atoms. The Kier molecular flexibility index (Phi) is 5.16. The summed E-state index contributed by atoms with van der Waals surface area (Å²) in [7, 11) is -3.47. The van der Waals surface area contributed by atoms with E-state index in [0.29, 0.717) is 5.69 Å². The number of nitrogens with two attached hydrogens (primary N) is 1. The van der Waals surface area contributed by atoms with Crippen LogP contribution in [0, 0.1) is 6.92 Å². The zero-order valence-electron chi connectivity index (χ0n) is 11.2. The van der Waals surface area contributed by atoms with E-state index in [9.17, 15) is 8.42 Å². The van der Waals surface area contributed by atoms with E-state index < -0.39 is 10.0 Å². The predicted octanol–water partition coefficient (Wildman–Crippen LogP) is 2.43. The minimum atomic E-state index is -3.47. The van der Waals surface area contributed by atoms with Crippen molar-refractivity contribution in [1.29, 1.82) is 0 Å². The molecule has 4 nitrogen and oxygen atoms in total. The number of nitrogen functional groups attached to an aromatic ring is 1. The van der Waals surface area contributed by atoms with Crippen molar-refractivity contribution in [2.45, 2.75) is 51.0 Å². The van der Waals surface area contributed by atoms with E-state index in [2.05, 4.69) is 4.72 Å². The second-order valence-electron chi connectivity index (χ2n) is 4.59. The molecular formula is C13H22N2O2S. The molecule has 0 fully saturated rings. The van der Waals surface area contributed by atoms with Crippen LogP contribution in [0.4, 0.5) is 5.69 Å². The highest BCUT2D eigenvalue weighted by Gasteiger charge is 2.19. The van der Waals surface area contributed by atoms with Crippen molar-refractivity contribution < 1.29 is 8.42 Å². The molecule has 1 unspecified atom stereocenters. The Hall–Kier alpha value is -1.07. The Labute approximate surface area is 110 Å². The molecule has 102 valence electrons. The normalized spacial score (nSPS) is 13.5. The van der Waals surface area contributed by atoms with Crippen LogP contribution in [-0.2, 0) is 10.0 Å². The largest absolute Gasteiger partial charge is 0.399 e. The second kappa shape index (κ2) is 6.20. The summed E-state index contributed by atoms with van der Waals surface area (Å²) in [5, 5.41) is 0. The van der Waals surface area contributed by atoms with Crippen LogP contribution in [0.25, 0.3) is 0 Å². The summed E-state index contributed by atoms with van der Waals surface area (Å²) in [4.78, 5) is 0.245. The van der Waals surface area contributed by atoms with Crippen molar-refractivity contribution in [2.75, 3.05) is 5.73 Å². The summed E-state index contributed by atoms with van der Waals surface area (Å²) in [5.74, 6) is 0.